The van der Waals surface area contributed by atoms with Gasteiger partial charge < -0.3 is 10.6 Å². The smallest absolute Gasteiger partial charge is 0.234 e. The maximum absolute atomic E-state index is 11.7. The van der Waals surface area contributed by atoms with Crippen molar-refractivity contribution in [2.45, 2.75) is 31.7 Å². The largest absolute Gasteiger partial charge is 0.348 e. The van der Waals surface area contributed by atoms with E-state index in [2.05, 4.69) is 22.8 Å². The molecule has 0 radical (unpaired) electrons. The monoisotopic (exact) mass is 246 g/mol. The Balaban J connectivity index is 1.99. The lowest BCUT2D eigenvalue weighted by Crippen LogP contribution is -2.36. The Morgan fingerprint density at radius 3 is 2.61 bits per heavy atom. The van der Waals surface area contributed by atoms with Crippen molar-refractivity contribution in [1.82, 2.24) is 10.6 Å². The second-order valence-corrected chi connectivity index (χ2v) is 5.09. The van der Waals surface area contributed by atoms with Gasteiger partial charge in [-0.25, -0.2) is 0 Å². The van der Waals surface area contributed by atoms with E-state index in [1.165, 1.54) is 24.8 Å². The third kappa shape index (κ3) is 3.57. The van der Waals surface area contributed by atoms with E-state index in [-0.39, 0.29) is 11.9 Å². The molecule has 2 N–H and O–H groups in total. The van der Waals surface area contributed by atoms with Gasteiger partial charge in [-0.05, 0) is 24.9 Å². The number of amides is 1. The Bertz CT molecular complexity index is 373. The van der Waals surface area contributed by atoms with Gasteiger partial charge in [0.25, 0.3) is 0 Å². The third-order valence-corrected chi connectivity index (χ3v) is 3.67. The number of nitrogens with one attached hydrogen (secondary N) is 2. The maximum atomic E-state index is 11.7. The van der Waals surface area contributed by atoms with Crippen LogP contribution >= 0.6 is 0 Å². The number of hydrogen-bond donors (Lipinski definition) is 2. The Labute approximate surface area is 109 Å². The predicted molar refractivity (Wildman–Crippen MR) is 73.2 cm³/mol. The summed E-state index contributed by atoms with van der Waals surface area (Å²) in [6.07, 6.45) is 5.03. The average molecular weight is 246 g/mol. The summed E-state index contributed by atoms with van der Waals surface area (Å²) in [6, 6.07) is 10.4. The summed E-state index contributed by atoms with van der Waals surface area (Å²) < 4.78 is 0. The average Bonchev–Trinajstić information content (AvgIpc) is 2.33. The first kappa shape index (κ1) is 13.1. The van der Waals surface area contributed by atoms with Gasteiger partial charge in [-0.2, -0.15) is 0 Å². The van der Waals surface area contributed by atoms with Crippen LogP contribution in [-0.4, -0.2) is 19.5 Å². The second kappa shape index (κ2) is 6.55. The minimum Gasteiger partial charge on any atom is -0.348 e. The van der Waals surface area contributed by atoms with E-state index in [9.17, 15) is 4.79 Å². The van der Waals surface area contributed by atoms with E-state index >= 15 is 0 Å². The van der Waals surface area contributed by atoms with Gasteiger partial charge in [-0.3, -0.25) is 4.79 Å². The molecule has 0 bridgehead atoms. The molecule has 3 heteroatoms. The highest BCUT2D eigenvalue weighted by Gasteiger charge is 2.23. The van der Waals surface area contributed by atoms with Crippen LogP contribution in [0.1, 0.15) is 37.3 Å². The third-order valence-electron chi connectivity index (χ3n) is 3.67. The quantitative estimate of drug-likeness (QED) is 0.808. The first-order valence-electron chi connectivity index (χ1n) is 6.78. The number of benzene rings is 1. The van der Waals surface area contributed by atoms with Crippen molar-refractivity contribution in [3.63, 3.8) is 0 Å². The molecule has 1 aliphatic rings. The highest BCUT2D eigenvalue weighted by molar-refractivity contribution is 5.78. The fourth-order valence-electron chi connectivity index (χ4n) is 2.43. The summed E-state index contributed by atoms with van der Waals surface area (Å²) in [5, 5.41) is 6.03. The summed E-state index contributed by atoms with van der Waals surface area (Å²) in [7, 11) is 1.79. The van der Waals surface area contributed by atoms with Crippen LogP contribution in [0, 0.1) is 5.92 Å². The van der Waals surface area contributed by atoms with Crippen molar-refractivity contribution in [1.29, 1.82) is 0 Å². The molecule has 0 aliphatic heterocycles. The molecule has 0 saturated heterocycles. The summed E-state index contributed by atoms with van der Waals surface area (Å²) in [6.45, 7) is 0.383. The molecule has 1 aromatic rings. The van der Waals surface area contributed by atoms with Crippen LogP contribution in [0.15, 0.2) is 30.3 Å². The van der Waals surface area contributed by atoms with E-state index in [0.29, 0.717) is 6.54 Å². The van der Waals surface area contributed by atoms with Gasteiger partial charge in [-0.15, -0.1) is 0 Å². The first-order chi connectivity index (χ1) is 8.79. The molecule has 3 nitrogen and oxygen atoms in total. The lowest BCUT2D eigenvalue weighted by atomic mass is 9.79. The highest BCUT2D eigenvalue weighted by atomic mass is 16.1. The zero-order chi connectivity index (χ0) is 12.8. The topological polar surface area (TPSA) is 41.1 Å². The lowest BCUT2D eigenvalue weighted by molar-refractivity contribution is -0.121. The Morgan fingerprint density at radius 2 is 2.06 bits per heavy atom. The second-order valence-electron chi connectivity index (χ2n) is 5.09. The molecule has 1 atom stereocenters. The molecule has 1 saturated carbocycles. The molecule has 0 aromatic heterocycles. The van der Waals surface area contributed by atoms with E-state index < -0.39 is 0 Å². The van der Waals surface area contributed by atoms with Crippen LogP contribution in [-0.2, 0) is 4.79 Å². The summed E-state index contributed by atoms with van der Waals surface area (Å²) in [5.41, 5.74) is 1.22. The van der Waals surface area contributed by atoms with E-state index in [0.717, 1.165) is 12.3 Å². The number of likely N-dealkylation sites (N-methyl/N-ethyl adjacent to an activating group) is 1. The number of carbonyl (C=O) groups is 1. The number of carbonyl (C=O) groups excluding carboxylic acids is 1. The minimum atomic E-state index is 0.0747. The standard InChI is InChI=1S/C15H22N2O/c1-16-11-15(18)17-14(10-12-6-5-7-12)13-8-3-2-4-9-13/h2-4,8-9,12,14,16H,5-7,10-11H2,1H3,(H,17,18). The summed E-state index contributed by atoms with van der Waals surface area (Å²) >= 11 is 0. The zero-order valence-electron chi connectivity index (χ0n) is 11.0. The summed E-state index contributed by atoms with van der Waals surface area (Å²) in [4.78, 5) is 11.7. The van der Waals surface area contributed by atoms with Crippen molar-refractivity contribution in [3.8, 4) is 0 Å². The first-order valence-corrected chi connectivity index (χ1v) is 6.78. The Hall–Kier alpha value is -1.35. The fourth-order valence-corrected chi connectivity index (χ4v) is 2.43. The molecule has 18 heavy (non-hydrogen) atoms. The number of hydrogen-bond acceptors (Lipinski definition) is 2. The SMILES string of the molecule is CNCC(=O)NC(CC1CCC1)c1ccccc1. The zero-order valence-corrected chi connectivity index (χ0v) is 11.0. The van der Waals surface area contributed by atoms with Crippen LogP contribution in [0.2, 0.25) is 0 Å². The maximum Gasteiger partial charge on any atom is 0.234 e. The molecular weight excluding hydrogens is 224 g/mol. The molecule has 1 aliphatic carbocycles. The van der Waals surface area contributed by atoms with Crippen LogP contribution in [0.25, 0.3) is 0 Å². The molecule has 1 amide bonds. The lowest BCUT2D eigenvalue weighted by Gasteiger charge is -2.30. The van der Waals surface area contributed by atoms with Gasteiger partial charge in [-0.1, -0.05) is 49.6 Å². The van der Waals surface area contributed by atoms with E-state index in [1.54, 1.807) is 7.05 Å². The van der Waals surface area contributed by atoms with E-state index in [1.807, 2.05) is 18.2 Å². The van der Waals surface area contributed by atoms with Crippen molar-refractivity contribution in [2.24, 2.45) is 5.92 Å². The van der Waals surface area contributed by atoms with E-state index in [4.69, 9.17) is 0 Å². The van der Waals surface area contributed by atoms with Gasteiger partial charge in [0.1, 0.15) is 0 Å². The Kier molecular flexibility index (Phi) is 4.76. The predicted octanol–water partition coefficient (Wildman–Crippen LogP) is 2.25. The van der Waals surface area contributed by atoms with Crippen LogP contribution in [0.3, 0.4) is 0 Å². The Morgan fingerprint density at radius 1 is 1.33 bits per heavy atom. The van der Waals surface area contributed by atoms with Gasteiger partial charge in [0.15, 0.2) is 0 Å². The van der Waals surface area contributed by atoms with Crippen LogP contribution in [0.5, 0.6) is 0 Å². The van der Waals surface area contributed by atoms with Gasteiger partial charge in [0.05, 0.1) is 12.6 Å². The van der Waals surface area contributed by atoms with Crippen LogP contribution in [0.4, 0.5) is 0 Å². The molecule has 2 rings (SSSR count). The fraction of sp³-hybridized carbons (Fsp3) is 0.533. The van der Waals surface area contributed by atoms with Gasteiger partial charge in [0.2, 0.25) is 5.91 Å². The number of rotatable bonds is 6. The van der Waals surface area contributed by atoms with Crippen molar-refractivity contribution in [3.05, 3.63) is 35.9 Å². The van der Waals surface area contributed by atoms with Gasteiger partial charge in [0, 0.05) is 0 Å². The summed E-state index contributed by atoms with van der Waals surface area (Å²) in [5.74, 6) is 0.857. The minimum absolute atomic E-state index is 0.0747. The molecule has 0 spiro atoms. The van der Waals surface area contributed by atoms with Gasteiger partial charge >= 0.3 is 0 Å². The van der Waals surface area contributed by atoms with Crippen molar-refractivity contribution in [2.75, 3.05) is 13.6 Å². The molecule has 1 unspecified atom stereocenters. The molecular formula is C15H22N2O. The highest BCUT2D eigenvalue weighted by Crippen LogP contribution is 2.34. The molecule has 1 fully saturated rings. The van der Waals surface area contributed by atoms with Crippen LogP contribution < -0.4 is 10.6 Å². The molecule has 0 heterocycles. The molecule has 1 aromatic carbocycles. The van der Waals surface area contributed by atoms with Crippen molar-refractivity contribution < 1.29 is 4.79 Å². The molecule has 98 valence electrons. The van der Waals surface area contributed by atoms with Crippen molar-refractivity contribution >= 4 is 5.91 Å². The normalized spacial score (nSPS) is 16.9.